The van der Waals surface area contributed by atoms with Crippen LogP contribution < -0.4 is 10.6 Å². The smallest absolute Gasteiger partial charge is 0.356 e. The van der Waals surface area contributed by atoms with Gasteiger partial charge in [-0.05, 0) is 12.8 Å². The van der Waals surface area contributed by atoms with E-state index in [1.54, 1.807) is 7.05 Å². The number of hydrogen-bond donors (Lipinski definition) is 2. The molecule has 21 heavy (non-hydrogen) atoms. The van der Waals surface area contributed by atoms with Crippen molar-refractivity contribution in [2.45, 2.75) is 44.8 Å². The first-order chi connectivity index (χ1) is 9.44. The molecule has 0 bridgehead atoms. The maximum atomic E-state index is 12.3. The van der Waals surface area contributed by atoms with Crippen molar-refractivity contribution in [1.82, 2.24) is 15.5 Å². The number of unbranched alkanes of at least 4 members (excludes halogenated alkanes) is 2. The Labute approximate surface area is 142 Å². The molecule has 1 fully saturated rings. The molecule has 1 aliphatic heterocycles. The molecule has 2 N–H and O–H groups in total. The van der Waals surface area contributed by atoms with E-state index in [0.29, 0.717) is 25.5 Å². The monoisotopic (exact) mass is 422 g/mol. The lowest BCUT2D eigenvalue weighted by Crippen LogP contribution is -2.45. The summed E-state index contributed by atoms with van der Waals surface area (Å²) in [4.78, 5) is 5.54. The number of aliphatic imine (C=N–C) groups is 1. The van der Waals surface area contributed by atoms with E-state index in [9.17, 15) is 13.2 Å². The molecular weight excluding hydrogens is 396 g/mol. The maximum Gasteiger partial charge on any atom is 0.401 e. The summed E-state index contributed by atoms with van der Waals surface area (Å²) in [6.45, 7) is 3.04. The summed E-state index contributed by atoms with van der Waals surface area (Å²) in [6, 6.07) is 0.0368. The molecule has 0 radical (unpaired) electrons. The fourth-order valence-corrected chi connectivity index (χ4v) is 2.32. The lowest BCUT2D eigenvalue weighted by atomic mass is 10.2. The molecule has 4 nitrogen and oxygen atoms in total. The van der Waals surface area contributed by atoms with Crippen LogP contribution in [0, 0.1) is 0 Å². The molecule has 126 valence electrons. The molecule has 1 unspecified atom stereocenters. The summed E-state index contributed by atoms with van der Waals surface area (Å²) in [7, 11) is 1.68. The Kier molecular flexibility index (Phi) is 10.3. The zero-order valence-corrected chi connectivity index (χ0v) is 15.0. The molecule has 0 aromatic carbocycles. The van der Waals surface area contributed by atoms with Gasteiger partial charge in [-0.25, -0.2) is 0 Å². The van der Waals surface area contributed by atoms with Gasteiger partial charge in [-0.15, -0.1) is 24.0 Å². The highest BCUT2D eigenvalue weighted by Crippen LogP contribution is 2.19. The van der Waals surface area contributed by atoms with Crippen molar-refractivity contribution in [2.24, 2.45) is 4.99 Å². The van der Waals surface area contributed by atoms with Crippen molar-refractivity contribution >= 4 is 29.9 Å². The van der Waals surface area contributed by atoms with Gasteiger partial charge in [-0.3, -0.25) is 9.89 Å². The number of rotatable bonds is 6. The quantitative estimate of drug-likeness (QED) is 0.299. The van der Waals surface area contributed by atoms with Crippen LogP contribution in [0.15, 0.2) is 4.99 Å². The molecular formula is C13H26F3IN4. The first kappa shape index (κ1) is 20.8. The number of guanidine groups is 1. The first-order valence-corrected chi connectivity index (χ1v) is 7.21. The third kappa shape index (κ3) is 9.38. The van der Waals surface area contributed by atoms with Crippen molar-refractivity contribution in [3.63, 3.8) is 0 Å². The average Bonchev–Trinajstić information content (AvgIpc) is 2.78. The van der Waals surface area contributed by atoms with Gasteiger partial charge in [0.05, 0.1) is 6.54 Å². The Morgan fingerprint density at radius 2 is 2.05 bits per heavy atom. The Morgan fingerprint density at radius 1 is 1.33 bits per heavy atom. The largest absolute Gasteiger partial charge is 0.401 e. The summed E-state index contributed by atoms with van der Waals surface area (Å²) in [6.07, 6.45) is -0.0156. The highest BCUT2D eigenvalue weighted by atomic mass is 127. The first-order valence-electron chi connectivity index (χ1n) is 7.21. The molecule has 0 amide bonds. The number of nitrogens with zero attached hydrogens (tertiary/aromatic N) is 2. The topological polar surface area (TPSA) is 39.7 Å². The van der Waals surface area contributed by atoms with E-state index in [0.717, 1.165) is 25.8 Å². The van der Waals surface area contributed by atoms with E-state index in [2.05, 4.69) is 22.5 Å². The summed E-state index contributed by atoms with van der Waals surface area (Å²) in [5.74, 6) is 0.681. The Balaban J connectivity index is 0.00000400. The van der Waals surface area contributed by atoms with Crippen molar-refractivity contribution in [1.29, 1.82) is 0 Å². The molecule has 0 saturated carbocycles. The van der Waals surface area contributed by atoms with Gasteiger partial charge in [0.1, 0.15) is 0 Å². The molecule has 0 aromatic rings. The van der Waals surface area contributed by atoms with Crippen LogP contribution in [0.5, 0.6) is 0 Å². The van der Waals surface area contributed by atoms with Crippen LogP contribution in [-0.4, -0.2) is 56.3 Å². The van der Waals surface area contributed by atoms with Crippen LogP contribution in [-0.2, 0) is 0 Å². The highest BCUT2D eigenvalue weighted by Gasteiger charge is 2.34. The van der Waals surface area contributed by atoms with Crippen LogP contribution in [0.3, 0.4) is 0 Å². The Morgan fingerprint density at radius 3 is 2.62 bits per heavy atom. The SMILES string of the molecule is CCCCCNC(=NC)NC1CCN(CC(F)(F)F)C1.I. The summed E-state index contributed by atoms with van der Waals surface area (Å²) in [5, 5.41) is 6.38. The normalized spacial score (nSPS) is 20.2. The van der Waals surface area contributed by atoms with Gasteiger partial charge in [0.15, 0.2) is 5.96 Å². The molecule has 0 aromatic heterocycles. The highest BCUT2D eigenvalue weighted by molar-refractivity contribution is 14.0. The second-order valence-electron chi connectivity index (χ2n) is 5.19. The molecule has 0 spiro atoms. The fourth-order valence-electron chi connectivity index (χ4n) is 2.32. The van der Waals surface area contributed by atoms with Gasteiger partial charge in [0, 0.05) is 32.7 Å². The van der Waals surface area contributed by atoms with Gasteiger partial charge in [0.25, 0.3) is 0 Å². The predicted molar refractivity (Wildman–Crippen MR) is 90.3 cm³/mol. The minimum atomic E-state index is -4.12. The number of hydrogen-bond acceptors (Lipinski definition) is 2. The van der Waals surface area contributed by atoms with E-state index >= 15 is 0 Å². The van der Waals surface area contributed by atoms with Crippen LogP contribution in [0.2, 0.25) is 0 Å². The number of alkyl halides is 3. The zero-order chi connectivity index (χ0) is 15.0. The van der Waals surface area contributed by atoms with Crippen molar-refractivity contribution in [2.75, 3.05) is 33.2 Å². The molecule has 0 aliphatic carbocycles. The average molecular weight is 422 g/mol. The van der Waals surface area contributed by atoms with Gasteiger partial charge in [0.2, 0.25) is 0 Å². The van der Waals surface area contributed by atoms with Crippen molar-refractivity contribution in [3.05, 3.63) is 0 Å². The van der Waals surface area contributed by atoms with Gasteiger partial charge in [-0.1, -0.05) is 19.8 Å². The third-order valence-corrected chi connectivity index (χ3v) is 3.31. The van der Waals surface area contributed by atoms with Gasteiger partial charge >= 0.3 is 6.18 Å². The zero-order valence-electron chi connectivity index (χ0n) is 12.7. The van der Waals surface area contributed by atoms with Crippen LogP contribution >= 0.6 is 24.0 Å². The molecule has 1 saturated heterocycles. The number of halogens is 4. The Hall–Kier alpha value is -0.250. The van der Waals surface area contributed by atoms with E-state index in [4.69, 9.17) is 0 Å². The van der Waals surface area contributed by atoms with E-state index < -0.39 is 12.7 Å². The van der Waals surface area contributed by atoms with Crippen molar-refractivity contribution < 1.29 is 13.2 Å². The van der Waals surface area contributed by atoms with Crippen LogP contribution in [0.25, 0.3) is 0 Å². The van der Waals surface area contributed by atoms with Gasteiger partial charge in [-0.2, -0.15) is 13.2 Å². The number of nitrogens with one attached hydrogen (secondary N) is 2. The number of likely N-dealkylation sites (tertiary alicyclic amines) is 1. The minimum Gasteiger partial charge on any atom is -0.356 e. The van der Waals surface area contributed by atoms with Crippen molar-refractivity contribution in [3.8, 4) is 0 Å². The van der Waals surface area contributed by atoms with E-state index in [1.165, 1.54) is 4.90 Å². The van der Waals surface area contributed by atoms with E-state index in [1.807, 2.05) is 0 Å². The predicted octanol–water partition coefficient (Wildman–Crippen LogP) is 2.60. The maximum absolute atomic E-state index is 12.3. The molecule has 1 aliphatic rings. The van der Waals surface area contributed by atoms with Gasteiger partial charge < -0.3 is 10.6 Å². The second kappa shape index (κ2) is 10.5. The fraction of sp³-hybridized carbons (Fsp3) is 0.923. The minimum absolute atomic E-state index is 0. The van der Waals surface area contributed by atoms with Crippen LogP contribution in [0.1, 0.15) is 32.6 Å². The van der Waals surface area contributed by atoms with Crippen LogP contribution in [0.4, 0.5) is 13.2 Å². The lowest BCUT2D eigenvalue weighted by Gasteiger charge is -2.19. The standard InChI is InChI=1S/C13H25F3N4.HI/c1-3-4-5-7-18-12(17-2)19-11-6-8-20(9-11)10-13(14,15)16;/h11H,3-10H2,1-2H3,(H2,17,18,19);1H. The lowest BCUT2D eigenvalue weighted by molar-refractivity contribution is -0.143. The second-order valence-corrected chi connectivity index (χ2v) is 5.19. The molecule has 1 heterocycles. The summed E-state index contributed by atoms with van der Waals surface area (Å²) in [5.41, 5.74) is 0. The molecule has 1 rings (SSSR count). The molecule has 1 atom stereocenters. The molecule has 8 heteroatoms. The van der Waals surface area contributed by atoms with E-state index in [-0.39, 0.29) is 30.0 Å². The summed E-state index contributed by atoms with van der Waals surface area (Å²) < 4.78 is 36.9. The third-order valence-electron chi connectivity index (χ3n) is 3.31. The summed E-state index contributed by atoms with van der Waals surface area (Å²) >= 11 is 0. The Bertz CT molecular complexity index is 310.